The summed E-state index contributed by atoms with van der Waals surface area (Å²) < 4.78 is 3.16. The van der Waals surface area contributed by atoms with E-state index in [4.69, 9.17) is 0 Å². The SMILES string of the molecule is Cn1c(=O)n(C)c2cc(C(=O)NC3CCCC3)ccc21. The summed E-state index contributed by atoms with van der Waals surface area (Å²) in [5, 5.41) is 3.07. The molecule has 0 unspecified atom stereocenters. The minimum absolute atomic E-state index is 0.0462. The number of imidazole rings is 1. The van der Waals surface area contributed by atoms with Gasteiger partial charge in [-0.1, -0.05) is 12.8 Å². The van der Waals surface area contributed by atoms with Crippen molar-refractivity contribution in [1.82, 2.24) is 14.5 Å². The van der Waals surface area contributed by atoms with Crippen LogP contribution in [0.15, 0.2) is 23.0 Å². The lowest BCUT2D eigenvalue weighted by Gasteiger charge is -2.11. The zero-order chi connectivity index (χ0) is 14.3. The highest BCUT2D eigenvalue weighted by Gasteiger charge is 2.18. The first-order valence-corrected chi connectivity index (χ1v) is 7.04. The molecule has 0 atom stereocenters. The number of aromatic nitrogens is 2. The van der Waals surface area contributed by atoms with Gasteiger partial charge in [-0.05, 0) is 31.0 Å². The number of carbonyl (C=O) groups excluding carboxylic acids is 1. The van der Waals surface area contributed by atoms with Crippen molar-refractivity contribution in [3.05, 3.63) is 34.2 Å². The van der Waals surface area contributed by atoms with E-state index >= 15 is 0 Å². The van der Waals surface area contributed by atoms with Crippen LogP contribution in [0.5, 0.6) is 0 Å². The minimum atomic E-state index is -0.0756. The zero-order valence-corrected chi connectivity index (χ0v) is 11.8. The van der Waals surface area contributed by atoms with Gasteiger partial charge >= 0.3 is 5.69 Å². The lowest BCUT2D eigenvalue weighted by Crippen LogP contribution is -2.32. The molecule has 0 radical (unpaired) electrons. The monoisotopic (exact) mass is 273 g/mol. The van der Waals surface area contributed by atoms with E-state index in [9.17, 15) is 9.59 Å². The van der Waals surface area contributed by atoms with Crippen LogP contribution in [0.4, 0.5) is 0 Å². The number of amides is 1. The van der Waals surface area contributed by atoms with Crippen LogP contribution in [0.25, 0.3) is 11.0 Å². The van der Waals surface area contributed by atoms with Crippen LogP contribution in [-0.4, -0.2) is 21.1 Å². The highest BCUT2D eigenvalue weighted by Crippen LogP contribution is 2.19. The zero-order valence-electron chi connectivity index (χ0n) is 11.8. The fourth-order valence-electron chi connectivity index (χ4n) is 2.99. The Morgan fingerprint density at radius 3 is 2.50 bits per heavy atom. The van der Waals surface area contributed by atoms with E-state index in [1.807, 2.05) is 6.07 Å². The first kappa shape index (κ1) is 13.0. The van der Waals surface area contributed by atoms with Crippen LogP contribution < -0.4 is 11.0 Å². The van der Waals surface area contributed by atoms with E-state index in [0.717, 1.165) is 23.9 Å². The molecule has 1 N–H and O–H groups in total. The molecule has 0 spiro atoms. The second-order valence-corrected chi connectivity index (χ2v) is 5.56. The molecule has 1 aliphatic rings. The second-order valence-electron chi connectivity index (χ2n) is 5.56. The summed E-state index contributed by atoms with van der Waals surface area (Å²) in [6.45, 7) is 0. The van der Waals surface area contributed by atoms with E-state index in [1.165, 1.54) is 12.8 Å². The maximum atomic E-state index is 12.2. The number of benzene rings is 1. The molecule has 5 nitrogen and oxygen atoms in total. The Labute approximate surface area is 117 Å². The third-order valence-corrected chi connectivity index (χ3v) is 4.22. The number of fused-ring (bicyclic) bond motifs is 1. The summed E-state index contributed by atoms with van der Waals surface area (Å²) in [6, 6.07) is 5.71. The van der Waals surface area contributed by atoms with Gasteiger partial charge in [0.05, 0.1) is 11.0 Å². The first-order valence-electron chi connectivity index (χ1n) is 7.04. The molecule has 1 saturated carbocycles. The summed E-state index contributed by atoms with van der Waals surface area (Å²) in [6.07, 6.45) is 4.52. The number of aryl methyl sites for hydroxylation is 2. The van der Waals surface area contributed by atoms with Gasteiger partial charge in [0.2, 0.25) is 0 Å². The van der Waals surface area contributed by atoms with Gasteiger partial charge in [-0.3, -0.25) is 13.9 Å². The smallest absolute Gasteiger partial charge is 0.328 e. The molecular formula is C15H19N3O2. The molecule has 2 aromatic rings. The number of rotatable bonds is 2. The molecular weight excluding hydrogens is 254 g/mol. The Morgan fingerprint density at radius 1 is 1.15 bits per heavy atom. The van der Waals surface area contributed by atoms with Crippen LogP contribution in [-0.2, 0) is 14.1 Å². The Kier molecular flexibility index (Phi) is 3.12. The van der Waals surface area contributed by atoms with Crippen LogP contribution in [0.1, 0.15) is 36.0 Å². The molecule has 1 aromatic carbocycles. The Balaban J connectivity index is 1.94. The predicted octanol–water partition coefficient (Wildman–Crippen LogP) is 1.55. The molecule has 106 valence electrons. The molecule has 0 saturated heterocycles. The second kappa shape index (κ2) is 4.81. The lowest BCUT2D eigenvalue weighted by atomic mass is 10.1. The van der Waals surface area contributed by atoms with E-state index in [0.29, 0.717) is 11.6 Å². The summed E-state index contributed by atoms with van der Waals surface area (Å²) in [5.74, 6) is -0.0462. The van der Waals surface area contributed by atoms with Crippen LogP contribution in [0.2, 0.25) is 0 Å². The average molecular weight is 273 g/mol. The molecule has 5 heteroatoms. The van der Waals surface area contributed by atoms with Crippen LogP contribution >= 0.6 is 0 Å². The molecule has 20 heavy (non-hydrogen) atoms. The maximum Gasteiger partial charge on any atom is 0.328 e. The van der Waals surface area contributed by atoms with Crippen LogP contribution in [0.3, 0.4) is 0 Å². The Hall–Kier alpha value is -2.04. The molecule has 0 aliphatic heterocycles. The standard InChI is InChI=1S/C15H19N3O2/c1-17-12-8-7-10(9-13(12)18(2)15(17)20)14(19)16-11-5-3-4-6-11/h7-9,11H,3-6H2,1-2H3,(H,16,19). The fourth-order valence-corrected chi connectivity index (χ4v) is 2.99. The van der Waals surface area contributed by atoms with E-state index < -0.39 is 0 Å². The molecule has 0 bridgehead atoms. The molecule has 1 amide bonds. The number of hydrogen-bond acceptors (Lipinski definition) is 2. The average Bonchev–Trinajstić information content (AvgIpc) is 3.03. The van der Waals surface area contributed by atoms with Crippen molar-refractivity contribution in [3.8, 4) is 0 Å². The van der Waals surface area contributed by atoms with E-state index in [1.54, 1.807) is 35.4 Å². The summed E-state index contributed by atoms with van der Waals surface area (Å²) in [7, 11) is 3.46. The van der Waals surface area contributed by atoms with Gasteiger partial charge in [-0.25, -0.2) is 4.79 Å². The van der Waals surface area contributed by atoms with Gasteiger partial charge in [-0.2, -0.15) is 0 Å². The normalized spacial score (nSPS) is 15.9. The van der Waals surface area contributed by atoms with Gasteiger partial charge < -0.3 is 5.32 Å². The molecule has 3 rings (SSSR count). The predicted molar refractivity (Wildman–Crippen MR) is 77.9 cm³/mol. The largest absolute Gasteiger partial charge is 0.349 e. The number of carbonyl (C=O) groups is 1. The Bertz CT molecular complexity index is 721. The lowest BCUT2D eigenvalue weighted by molar-refractivity contribution is 0.0938. The van der Waals surface area contributed by atoms with Gasteiger partial charge in [0.15, 0.2) is 0 Å². The van der Waals surface area contributed by atoms with Gasteiger partial charge in [0.1, 0.15) is 0 Å². The molecule has 1 heterocycles. The van der Waals surface area contributed by atoms with Crippen molar-refractivity contribution in [1.29, 1.82) is 0 Å². The highest BCUT2D eigenvalue weighted by molar-refractivity contribution is 5.97. The van der Waals surface area contributed by atoms with Gasteiger partial charge in [0, 0.05) is 25.7 Å². The summed E-state index contributed by atoms with van der Waals surface area (Å²) in [5.41, 5.74) is 2.17. The quantitative estimate of drug-likeness (QED) is 0.902. The third kappa shape index (κ3) is 2.03. The number of hydrogen-bond donors (Lipinski definition) is 1. The van der Waals surface area contributed by atoms with Crippen molar-refractivity contribution < 1.29 is 4.79 Å². The van der Waals surface area contributed by atoms with Gasteiger partial charge in [-0.15, -0.1) is 0 Å². The minimum Gasteiger partial charge on any atom is -0.349 e. The molecule has 1 aromatic heterocycles. The van der Waals surface area contributed by atoms with Crippen molar-refractivity contribution in [2.45, 2.75) is 31.7 Å². The fraction of sp³-hybridized carbons (Fsp3) is 0.467. The van der Waals surface area contributed by atoms with Crippen LogP contribution in [0, 0.1) is 0 Å². The Morgan fingerprint density at radius 2 is 1.80 bits per heavy atom. The van der Waals surface area contributed by atoms with Gasteiger partial charge in [0.25, 0.3) is 5.91 Å². The van der Waals surface area contributed by atoms with E-state index in [2.05, 4.69) is 5.32 Å². The number of nitrogens with one attached hydrogen (secondary N) is 1. The van der Waals surface area contributed by atoms with Crippen molar-refractivity contribution >= 4 is 16.9 Å². The number of nitrogens with zero attached hydrogens (tertiary/aromatic N) is 2. The maximum absolute atomic E-state index is 12.2. The first-order chi connectivity index (χ1) is 9.58. The topological polar surface area (TPSA) is 56.0 Å². The highest BCUT2D eigenvalue weighted by atomic mass is 16.2. The van der Waals surface area contributed by atoms with E-state index in [-0.39, 0.29) is 11.6 Å². The summed E-state index contributed by atoms with van der Waals surface area (Å²) in [4.78, 5) is 24.1. The van der Waals surface area contributed by atoms with Crippen molar-refractivity contribution in [2.75, 3.05) is 0 Å². The molecule has 1 aliphatic carbocycles. The molecule has 1 fully saturated rings. The van der Waals surface area contributed by atoms with Crippen molar-refractivity contribution in [3.63, 3.8) is 0 Å². The van der Waals surface area contributed by atoms with Crippen molar-refractivity contribution in [2.24, 2.45) is 14.1 Å². The third-order valence-electron chi connectivity index (χ3n) is 4.22. The summed E-state index contributed by atoms with van der Waals surface area (Å²) >= 11 is 0.